The minimum Gasteiger partial charge on any atom is -0.399 e. The monoisotopic (exact) mass is 230 g/mol. The van der Waals surface area contributed by atoms with Crippen molar-refractivity contribution in [1.29, 1.82) is 0 Å². The van der Waals surface area contributed by atoms with E-state index in [9.17, 15) is 4.79 Å². The van der Waals surface area contributed by atoms with Crippen molar-refractivity contribution in [3.63, 3.8) is 0 Å². The molecule has 1 amide bonds. The number of aryl methyl sites for hydroxylation is 1. The van der Waals surface area contributed by atoms with Gasteiger partial charge in [0.25, 0.3) is 0 Å². The first-order chi connectivity index (χ1) is 8.16. The Morgan fingerprint density at radius 1 is 1.29 bits per heavy atom. The molecule has 0 radical (unpaired) electrons. The first kappa shape index (κ1) is 11.2. The van der Waals surface area contributed by atoms with Crippen molar-refractivity contribution in [1.82, 2.24) is 9.55 Å². The van der Waals surface area contributed by atoms with Crippen molar-refractivity contribution in [3.8, 4) is 11.4 Å². The third-order valence-electron chi connectivity index (χ3n) is 2.48. The lowest BCUT2D eigenvalue weighted by Crippen LogP contribution is -2.14. The van der Waals surface area contributed by atoms with Crippen LogP contribution >= 0.6 is 0 Å². The van der Waals surface area contributed by atoms with E-state index in [-0.39, 0.29) is 5.91 Å². The van der Waals surface area contributed by atoms with E-state index in [4.69, 9.17) is 11.5 Å². The normalized spacial score (nSPS) is 10.4. The van der Waals surface area contributed by atoms with E-state index in [1.165, 1.54) is 0 Å². The molecular formula is C12H14N4O. The molecule has 88 valence electrons. The Labute approximate surface area is 99.1 Å². The molecule has 0 fully saturated rings. The molecule has 0 saturated heterocycles. The number of hydrogen-bond acceptors (Lipinski definition) is 3. The maximum absolute atomic E-state index is 10.8. The number of carbonyl (C=O) groups excluding carboxylic acids is 1. The number of benzene rings is 1. The van der Waals surface area contributed by atoms with Crippen LogP contribution in [0.2, 0.25) is 0 Å². The zero-order valence-corrected chi connectivity index (χ0v) is 9.34. The fourth-order valence-electron chi connectivity index (χ4n) is 1.61. The molecule has 0 spiro atoms. The van der Waals surface area contributed by atoms with E-state index < -0.39 is 0 Å². The second-order valence-corrected chi connectivity index (χ2v) is 3.78. The first-order valence-corrected chi connectivity index (χ1v) is 5.32. The second kappa shape index (κ2) is 4.69. The van der Waals surface area contributed by atoms with Crippen LogP contribution in [-0.4, -0.2) is 15.5 Å². The maximum atomic E-state index is 10.8. The van der Waals surface area contributed by atoms with E-state index in [0.29, 0.717) is 18.7 Å². The van der Waals surface area contributed by atoms with Crippen molar-refractivity contribution in [2.75, 3.05) is 5.73 Å². The molecule has 2 rings (SSSR count). The summed E-state index contributed by atoms with van der Waals surface area (Å²) in [7, 11) is 0. The summed E-state index contributed by atoms with van der Waals surface area (Å²) in [4.78, 5) is 15.0. The number of nitrogens with two attached hydrogens (primary N) is 2. The van der Waals surface area contributed by atoms with Crippen LogP contribution in [-0.2, 0) is 11.3 Å². The zero-order valence-electron chi connectivity index (χ0n) is 9.34. The SMILES string of the molecule is NC(=O)CCn1ccnc1-c1ccc(N)cc1. The van der Waals surface area contributed by atoms with E-state index in [1.54, 1.807) is 6.20 Å². The van der Waals surface area contributed by atoms with E-state index in [1.807, 2.05) is 35.0 Å². The Balaban J connectivity index is 2.24. The van der Waals surface area contributed by atoms with Crippen molar-refractivity contribution in [2.24, 2.45) is 5.73 Å². The van der Waals surface area contributed by atoms with E-state index >= 15 is 0 Å². The molecule has 0 aliphatic rings. The molecular weight excluding hydrogens is 216 g/mol. The molecule has 0 atom stereocenters. The third kappa shape index (κ3) is 2.63. The summed E-state index contributed by atoms with van der Waals surface area (Å²) in [6.45, 7) is 0.537. The highest BCUT2D eigenvalue weighted by molar-refractivity contribution is 5.73. The lowest BCUT2D eigenvalue weighted by atomic mass is 10.2. The van der Waals surface area contributed by atoms with E-state index in [0.717, 1.165) is 11.4 Å². The van der Waals surface area contributed by atoms with Gasteiger partial charge in [-0.05, 0) is 24.3 Å². The second-order valence-electron chi connectivity index (χ2n) is 3.78. The van der Waals surface area contributed by atoms with Crippen molar-refractivity contribution in [2.45, 2.75) is 13.0 Å². The molecule has 5 nitrogen and oxygen atoms in total. The summed E-state index contributed by atoms with van der Waals surface area (Å²) in [5.74, 6) is 0.494. The smallest absolute Gasteiger partial charge is 0.219 e. The molecule has 0 unspecified atom stereocenters. The number of primary amides is 1. The van der Waals surface area contributed by atoms with Crippen LogP contribution in [0.3, 0.4) is 0 Å². The fraction of sp³-hybridized carbons (Fsp3) is 0.167. The van der Waals surface area contributed by atoms with Crippen LogP contribution in [0.15, 0.2) is 36.7 Å². The standard InChI is InChI=1S/C12H14N4O/c13-10-3-1-9(2-4-10)12-15-6-8-16(12)7-5-11(14)17/h1-4,6,8H,5,7,13H2,(H2,14,17). The summed E-state index contributed by atoms with van der Waals surface area (Å²) in [5, 5.41) is 0. The van der Waals surface area contributed by atoms with Gasteiger partial charge < -0.3 is 16.0 Å². The van der Waals surface area contributed by atoms with Crippen molar-refractivity contribution >= 4 is 11.6 Å². The molecule has 2 aromatic rings. The molecule has 5 heteroatoms. The largest absolute Gasteiger partial charge is 0.399 e. The van der Waals surface area contributed by atoms with Gasteiger partial charge in [0.15, 0.2) is 0 Å². The molecule has 1 heterocycles. The highest BCUT2D eigenvalue weighted by Gasteiger charge is 2.06. The predicted molar refractivity (Wildman–Crippen MR) is 65.9 cm³/mol. The highest BCUT2D eigenvalue weighted by Crippen LogP contribution is 2.18. The van der Waals surface area contributed by atoms with Crippen LogP contribution in [0.25, 0.3) is 11.4 Å². The molecule has 1 aromatic carbocycles. The number of imidazole rings is 1. The Hall–Kier alpha value is -2.30. The molecule has 0 saturated carbocycles. The van der Waals surface area contributed by atoms with Crippen LogP contribution in [0, 0.1) is 0 Å². The highest BCUT2D eigenvalue weighted by atomic mass is 16.1. The Morgan fingerprint density at radius 3 is 2.65 bits per heavy atom. The Kier molecular flexibility index (Phi) is 3.09. The van der Waals surface area contributed by atoms with Crippen LogP contribution in [0.1, 0.15) is 6.42 Å². The minimum atomic E-state index is -0.318. The van der Waals surface area contributed by atoms with E-state index in [2.05, 4.69) is 4.98 Å². The van der Waals surface area contributed by atoms with Gasteiger partial charge in [0.05, 0.1) is 0 Å². The zero-order chi connectivity index (χ0) is 12.3. The number of nitrogens with zero attached hydrogens (tertiary/aromatic N) is 2. The summed E-state index contributed by atoms with van der Waals surface area (Å²) in [5.41, 5.74) is 12.4. The van der Waals surface area contributed by atoms with Gasteiger partial charge in [0.1, 0.15) is 5.82 Å². The lowest BCUT2D eigenvalue weighted by molar-refractivity contribution is -0.118. The maximum Gasteiger partial charge on any atom is 0.219 e. The van der Waals surface area contributed by atoms with Gasteiger partial charge in [-0.1, -0.05) is 0 Å². The van der Waals surface area contributed by atoms with Gasteiger partial charge in [0, 0.05) is 36.6 Å². The first-order valence-electron chi connectivity index (χ1n) is 5.32. The average molecular weight is 230 g/mol. The molecule has 4 N–H and O–H groups in total. The summed E-state index contributed by atoms with van der Waals surface area (Å²) in [6, 6.07) is 7.45. The number of aromatic nitrogens is 2. The van der Waals surface area contributed by atoms with Crippen molar-refractivity contribution in [3.05, 3.63) is 36.7 Å². The predicted octanol–water partition coefficient (Wildman–Crippen LogP) is 1.01. The summed E-state index contributed by atoms with van der Waals surface area (Å²) in [6.07, 6.45) is 3.83. The number of hydrogen-bond donors (Lipinski definition) is 2. The van der Waals surface area contributed by atoms with Gasteiger partial charge in [-0.3, -0.25) is 4.79 Å². The topological polar surface area (TPSA) is 86.9 Å². The summed E-state index contributed by atoms with van der Waals surface area (Å²) >= 11 is 0. The number of carbonyl (C=O) groups is 1. The van der Waals surface area contributed by atoms with Gasteiger partial charge in [0.2, 0.25) is 5.91 Å². The van der Waals surface area contributed by atoms with Gasteiger partial charge in [-0.15, -0.1) is 0 Å². The quantitative estimate of drug-likeness (QED) is 0.768. The number of nitrogen functional groups attached to an aromatic ring is 1. The molecule has 17 heavy (non-hydrogen) atoms. The Morgan fingerprint density at radius 2 is 2.00 bits per heavy atom. The van der Waals surface area contributed by atoms with Gasteiger partial charge in [-0.25, -0.2) is 4.98 Å². The average Bonchev–Trinajstić information content (AvgIpc) is 2.75. The summed E-state index contributed by atoms with van der Waals surface area (Å²) < 4.78 is 1.90. The number of rotatable bonds is 4. The molecule has 0 bridgehead atoms. The third-order valence-corrected chi connectivity index (χ3v) is 2.48. The molecule has 0 aliphatic carbocycles. The van der Waals surface area contributed by atoms with Crippen LogP contribution in [0.4, 0.5) is 5.69 Å². The Bertz CT molecular complexity index is 516. The lowest BCUT2D eigenvalue weighted by Gasteiger charge is -2.06. The van der Waals surface area contributed by atoms with Gasteiger partial charge in [-0.2, -0.15) is 0 Å². The number of amides is 1. The van der Waals surface area contributed by atoms with Gasteiger partial charge >= 0.3 is 0 Å². The fourth-order valence-corrected chi connectivity index (χ4v) is 1.61. The van der Waals surface area contributed by atoms with Crippen LogP contribution < -0.4 is 11.5 Å². The van der Waals surface area contributed by atoms with Crippen LogP contribution in [0.5, 0.6) is 0 Å². The minimum absolute atomic E-state index is 0.304. The molecule has 0 aliphatic heterocycles. The van der Waals surface area contributed by atoms with Crippen molar-refractivity contribution < 1.29 is 4.79 Å². The molecule has 1 aromatic heterocycles. The number of anilines is 1.